The van der Waals surface area contributed by atoms with Gasteiger partial charge in [-0.1, -0.05) is 26.7 Å². The number of nitrogens with one attached hydrogen (secondary N) is 1. The Labute approximate surface area is 94.7 Å². The minimum Gasteiger partial charge on any atom is -0.377 e. The van der Waals surface area contributed by atoms with Crippen LogP contribution in [0.25, 0.3) is 0 Å². The van der Waals surface area contributed by atoms with E-state index >= 15 is 0 Å². The molecule has 0 aliphatic heterocycles. The fraction of sp³-hybridized carbons (Fsp3) is 0.846. The summed E-state index contributed by atoms with van der Waals surface area (Å²) in [4.78, 5) is 1.45. The van der Waals surface area contributed by atoms with Gasteiger partial charge in [0, 0.05) is 5.41 Å². The Morgan fingerprint density at radius 2 is 1.53 bits per heavy atom. The van der Waals surface area contributed by atoms with Crippen LogP contribution in [0, 0.1) is 17.3 Å². The summed E-state index contributed by atoms with van der Waals surface area (Å²) < 4.78 is 0. The lowest BCUT2D eigenvalue weighted by Gasteiger charge is -2.32. The summed E-state index contributed by atoms with van der Waals surface area (Å²) in [5.41, 5.74) is -1.10. The Hall–Kier alpha value is -0.520. The molecular formula is C13H26NO+. The van der Waals surface area contributed by atoms with E-state index in [9.17, 15) is 5.11 Å². The van der Waals surface area contributed by atoms with Gasteiger partial charge in [0.05, 0.1) is 13.1 Å². The zero-order valence-corrected chi connectivity index (χ0v) is 11.1. The van der Waals surface area contributed by atoms with Gasteiger partial charge >= 0.3 is 0 Å². The average Bonchev–Trinajstić information content (AvgIpc) is 2.10. The lowest BCUT2D eigenvalue weighted by Crippen LogP contribution is -3.11. The standard InChI is InChI=1S/C13H25NO/c1-7-14(8-2)11-9-10-13(6,15)12(3,4)5/h15H,7-8,11H2,1-6H3/p+1/t13-/m1/s1. The number of rotatable bonds is 3. The molecule has 0 aromatic rings. The van der Waals surface area contributed by atoms with E-state index < -0.39 is 5.60 Å². The number of quaternary nitrogens is 1. The molecule has 0 heterocycles. The number of hydrogen-bond acceptors (Lipinski definition) is 1. The number of hydrogen-bond donors (Lipinski definition) is 2. The second kappa shape index (κ2) is 5.53. The Bertz CT molecular complexity index is 235. The SMILES string of the molecule is CC[NH+](CC)CC#C[C@@](C)(O)C(C)(C)C. The summed E-state index contributed by atoms with van der Waals surface area (Å²) in [6, 6.07) is 0. The van der Waals surface area contributed by atoms with E-state index in [1.807, 2.05) is 20.8 Å². The Kier molecular flexibility index (Phi) is 5.34. The topological polar surface area (TPSA) is 24.7 Å². The molecule has 1 atom stereocenters. The Balaban J connectivity index is 4.40. The second-order valence-corrected chi connectivity index (χ2v) is 5.26. The van der Waals surface area contributed by atoms with Gasteiger partial charge in [0.15, 0.2) is 0 Å². The highest BCUT2D eigenvalue weighted by Crippen LogP contribution is 2.28. The predicted octanol–water partition coefficient (Wildman–Crippen LogP) is 0.712. The molecule has 0 spiro atoms. The van der Waals surface area contributed by atoms with E-state index in [1.54, 1.807) is 6.92 Å². The van der Waals surface area contributed by atoms with Crippen LogP contribution in [0.3, 0.4) is 0 Å². The highest BCUT2D eigenvalue weighted by molar-refractivity contribution is 5.16. The second-order valence-electron chi connectivity index (χ2n) is 5.26. The third kappa shape index (κ3) is 4.68. The predicted molar refractivity (Wildman–Crippen MR) is 64.8 cm³/mol. The lowest BCUT2D eigenvalue weighted by molar-refractivity contribution is -0.889. The zero-order valence-electron chi connectivity index (χ0n) is 11.1. The first kappa shape index (κ1) is 14.5. The first-order chi connectivity index (χ1) is 6.74. The molecule has 15 heavy (non-hydrogen) atoms. The van der Waals surface area contributed by atoms with Crippen molar-refractivity contribution in [1.29, 1.82) is 0 Å². The molecule has 0 amide bonds. The van der Waals surface area contributed by atoms with Crippen molar-refractivity contribution in [1.82, 2.24) is 0 Å². The van der Waals surface area contributed by atoms with Gasteiger partial charge in [-0.15, -0.1) is 0 Å². The van der Waals surface area contributed by atoms with Crippen LogP contribution >= 0.6 is 0 Å². The molecule has 0 aliphatic rings. The molecule has 0 aromatic carbocycles. The van der Waals surface area contributed by atoms with E-state index in [-0.39, 0.29) is 5.41 Å². The van der Waals surface area contributed by atoms with Crippen molar-refractivity contribution in [3.8, 4) is 11.8 Å². The van der Waals surface area contributed by atoms with Crippen molar-refractivity contribution >= 4 is 0 Å². The molecule has 0 bridgehead atoms. The maximum absolute atomic E-state index is 10.1. The van der Waals surface area contributed by atoms with Crippen LogP contribution in [-0.2, 0) is 0 Å². The van der Waals surface area contributed by atoms with E-state index in [1.165, 1.54) is 4.90 Å². The molecule has 0 unspecified atom stereocenters. The summed E-state index contributed by atoms with van der Waals surface area (Å²) in [5.74, 6) is 6.08. The first-order valence-electron chi connectivity index (χ1n) is 5.80. The fourth-order valence-corrected chi connectivity index (χ4v) is 1.03. The van der Waals surface area contributed by atoms with Crippen molar-refractivity contribution in [3.63, 3.8) is 0 Å². The molecule has 2 N–H and O–H groups in total. The van der Waals surface area contributed by atoms with Gasteiger partial charge in [0.1, 0.15) is 12.1 Å². The van der Waals surface area contributed by atoms with Crippen LogP contribution in [0.5, 0.6) is 0 Å². The maximum atomic E-state index is 10.1. The summed E-state index contributed by atoms with van der Waals surface area (Å²) in [6.07, 6.45) is 0. The van der Waals surface area contributed by atoms with Crippen molar-refractivity contribution < 1.29 is 10.0 Å². The summed E-state index contributed by atoms with van der Waals surface area (Å²) >= 11 is 0. The third-order valence-electron chi connectivity index (χ3n) is 3.13. The molecule has 0 saturated heterocycles. The van der Waals surface area contributed by atoms with E-state index in [2.05, 4.69) is 25.7 Å². The molecule has 0 radical (unpaired) electrons. The fourth-order valence-electron chi connectivity index (χ4n) is 1.03. The first-order valence-corrected chi connectivity index (χ1v) is 5.80. The van der Waals surface area contributed by atoms with Crippen LogP contribution in [-0.4, -0.2) is 30.3 Å². The normalized spacial score (nSPS) is 15.7. The van der Waals surface area contributed by atoms with Crippen molar-refractivity contribution in [2.75, 3.05) is 19.6 Å². The molecule has 0 aliphatic carbocycles. The Morgan fingerprint density at radius 1 is 1.07 bits per heavy atom. The van der Waals surface area contributed by atoms with E-state index in [4.69, 9.17) is 0 Å². The van der Waals surface area contributed by atoms with Crippen LogP contribution in [0.1, 0.15) is 41.5 Å². The van der Waals surface area contributed by atoms with E-state index in [0.717, 1.165) is 19.6 Å². The largest absolute Gasteiger partial charge is 0.377 e. The molecular weight excluding hydrogens is 186 g/mol. The van der Waals surface area contributed by atoms with Crippen molar-refractivity contribution in [2.24, 2.45) is 5.41 Å². The van der Waals surface area contributed by atoms with Gasteiger partial charge in [-0.2, -0.15) is 0 Å². The monoisotopic (exact) mass is 212 g/mol. The molecule has 2 nitrogen and oxygen atoms in total. The highest BCUT2D eigenvalue weighted by atomic mass is 16.3. The van der Waals surface area contributed by atoms with Gasteiger partial charge in [-0.25, -0.2) is 0 Å². The van der Waals surface area contributed by atoms with Gasteiger partial charge in [-0.05, 0) is 26.7 Å². The minimum absolute atomic E-state index is 0.196. The number of aliphatic hydroxyl groups is 1. The van der Waals surface area contributed by atoms with Crippen LogP contribution in [0.4, 0.5) is 0 Å². The molecule has 0 fully saturated rings. The average molecular weight is 212 g/mol. The Morgan fingerprint density at radius 3 is 1.87 bits per heavy atom. The molecule has 2 heteroatoms. The third-order valence-corrected chi connectivity index (χ3v) is 3.13. The molecule has 0 saturated carbocycles. The maximum Gasteiger partial charge on any atom is 0.139 e. The molecule has 0 rings (SSSR count). The van der Waals surface area contributed by atoms with Crippen LogP contribution in [0.2, 0.25) is 0 Å². The lowest BCUT2D eigenvalue weighted by atomic mass is 9.78. The quantitative estimate of drug-likeness (QED) is 0.662. The summed E-state index contributed by atoms with van der Waals surface area (Å²) in [7, 11) is 0. The van der Waals surface area contributed by atoms with Gasteiger partial charge in [-0.3, -0.25) is 0 Å². The highest BCUT2D eigenvalue weighted by Gasteiger charge is 2.33. The molecule has 88 valence electrons. The summed E-state index contributed by atoms with van der Waals surface area (Å²) in [6.45, 7) is 15.1. The van der Waals surface area contributed by atoms with Crippen molar-refractivity contribution in [3.05, 3.63) is 0 Å². The van der Waals surface area contributed by atoms with Gasteiger partial charge in [0.25, 0.3) is 0 Å². The van der Waals surface area contributed by atoms with Gasteiger partial charge in [0.2, 0.25) is 0 Å². The smallest absolute Gasteiger partial charge is 0.139 e. The van der Waals surface area contributed by atoms with E-state index in [0.29, 0.717) is 0 Å². The van der Waals surface area contributed by atoms with Gasteiger partial charge < -0.3 is 10.0 Å². The zero-order chi connectivity index (χ0) is 12.1. The van der Waals surface area contributed by atoms with Crippen molar-refractivity contribution in [2.45, 2.75) is 47.1 Å². The molecule has 0 aromatic heterocycles. The van der Waals surface area contributed by atoms with Crippen LogP contribution < -0.4 is 4.90 Å². The minimum atomic E-state index is -0.903. The summed E-state index contributed by atoms with van der Waals surface area (Å²) in [5, 5.41) is 10.1. The van der Waals surface area contributed by atoms with Crippen LogP contribution in [0.15, 0.2) is 0 Å².